The van der Waals surface area contributed by atoms with E-state index < -0.39 is 27.3 Å². The molecule has 23 heavy (non-hydrogen) atoms. The van der Waals surface area contributed by atoms with Crippen molar-refractivity contribution in [2.75, 3.05) is 37.8 Å². The molecule has 0 saturated carbocycles. The lowest BCUT2D eigenvalue weighted by molar-refractivity contribution is -0.161. The monoisotopic (exact) mass is 339 g/mol. The van der Waals surface area contributed by atoms with Gasteiger partial charge in [-0.25, -0.2) is 13.2 Å². The quantitative estimate of drug-likeness (QED) is 0.871. The number of carbonyl (C=O) groups is 1. The van der Waals surface area contributed by atoms with Crippen molar-refractivity contribution in [2.45, 2.75) is 12.0 Å². The van der Waals surface area contributed by atoms with Gasteiger partial charge < -0.3 is 9.84 Å². The molecule has 2 aliphatic heterocycles. The summed E-state index contributed by atoms with van der Waals surface area (Å²) in [5.74, 6) is -1.45. The van der Waals surface area contributed by atoms with Gasteiger partial charge in [0.1, 0.15) is 5.54 Å². The van der Waals surface area contributed by atoms with Crippen LogP contribution < -0.4 is 0 Å². The molecule has 0 unspecified atom stereocenters. The van der Waals surface area contributed by atoms with Gasteiger partial charge in [0.25, 0.3) is 0 Å². The molecule has 7 heteroatoms. The van der Waals surface area contributed by atoms with Crippen LogP contribution in [0, 0.1) is 5.92 Å². The van der Waals surface area contributed by atoms with E-state index in [1.165, 1.54) is 0 Å². The lowest BCUT2D eigenvalue weighted by Crippen LogP contribution is -2.60. The van der Waals surface area contributed by atoms with Gasteiger partial charge in [-0.15, -0.1) is 0 Å². The Balaban J connectivity index is 2.12. The van der Waals surface area contributed by atoms with Crippen molar-refractivity contribution in [1.29, 1.82) is 0 Å². The van der Waals surface area contributed by atoms with Crippen LogP contribution in [0.4, 0.5) is 0 Å². The molecule has 2 heterocycles. The standard InChI is InChI=1S/C16H21NO5S/c18-15(19)16(13-4-2-1-3-5-13,17-7-9-22-10-8-17)14-6-11-23(20,21)12-14/h1-5,14H,6-12H2,(H,18,19)/t14-,16-/m1/s1. The van der Waals surface area contributed by atoms with Crippen LogP contribution in [-0.2, 0) is 24.9 Å². The molecule has 0 spiro atoms. The number of hydrogen-bond acceptors (Lipinski definition) is 5. The minimum Gasteiger partial charge on any atom is -0.480 e. The summed E-state index contributed by atoms with van der Waals surface area (Å²) >= 11 is 0. The van der Waals surface area contributed by atoms with E-state index in [-0.39, 0.29) is 11.5 Å². The third-order valence-electron chi connectivity index (χ3n) is 4.87. The van der Waals surface area contributed by atoms with E-state index in [2.05, 4.69) is 0 Å². The first-order valence-corrected chi connectivity index (χ1v) is 9.61. The Morgan fingerprint density at radius 2 is 1.87 bits per heavy atom. The Morgan fingerprint density at radius 1 is 1.22 bits per heavy atom. The van der Waals surface area contributed by atoms with Gasteiger partial charge in [-0.1, -0.05) is 30.3 Å². The highest BCUT2D eigenvalue weighted by Gasteiger charge is 2.55. The Bertz CT molecular complexity index is 669. The van der Waals surface area contributed by atoms with Crippen LogP contribution in [0.3, 0.4) is 0 Å². The first-order chi connectivity index (χ1) is 11.0. The summed E-state index contributed by atoms with van der Waals surface area (Å²) in [6.45, 7) is 1.89. The van der Waals surface area contributed by atoms with Crippen molar-refractivity contribution in [3.05, 3.63) is 35.9 Å². The van der Waals surface area contributed by atoms with E-state index >= 15 is 0 Å². The van der Waals surface area contributed by atoms with E-state index in [4.69, 9.17) is 4.74 Å². The fourth-order valence-corrected chi connectivity index (χ4v) is 5.67. The molecule has 1 N–H and O–H groups in total. The molecule has 2 aliphatic rings. The minimum atomic E-state index is -3.18. The van der Waals surface area contributed by atoms with Gasteiger partial charge in [0.05, 0.1) is 24.7 Å². The molecule has 6 nitrogen and oxygen atoms in total. The molecule has 0 radical (unpaired) electrons. The summed E-state index contributed by atoms with van der Waals surface area (Å²) < 4.78 is 29.3. The van der Waals surface area contributed by atoms with Crippen molar-refractivity contribution >= 4 is 15.8 Å². The maximum Gasteiger partial charge on any atom is 0.329 e. The number of hydrogen-bond donors (Lipinski definition) is 1. The SMILES string of the molecule is O=C(O)[C@@](c1ccccc1)([C@@H]1CCS(=O)(=O)C1)N1CCOCC1. The second kappa shape index (κ2) is 6.22. The molecule has 0 bridgehead atoms. The van der Waals surface area contributed by atoms with Crippen LogP contribution in [-0.4, -0.2) is 62.2 Å². The van der Waals surface area contributed by atoms with Crippen LogP contribution in [0.2, 0.25) is 0 Å². The molecule has 2 fully saturated rings. The molecular formula is C16H21NO5S. The molecule has 3 rings (SSSR count). The van der Waals surface area contributed by atoms with Crippen molar-refractivity contribution < 1.29 is 23.1 Å². The zero-order valence-electron chi connectivity index (χ0n) is 12.8. The zero-order valence-corrected chi connectivity index (χ0v) is 13.7. The molecule has 0 aromatic heterocycles. The molecular weight excluding hydrogens is 318 g/mol. The van der Waals surface area contributed by atoms with E-state index in [0.29, 0.717) is 38.3 Å². The molecule has 2 saturated heterocycles. The second-order valence-corrected chi connectivity index (χ2v) is 8.37. The highest BCUT2D eigenvalue weighted by atomic mass is 32.2. The second-order valence-electron chi connectivity index (χ2n) is 6.14. The molecule has 126 valence electrons. The predicted octanol–water partition coefficient (Wildman–Crippen LogP) is 0.733. The van der Waals surface area contributed by atoms with E-state index in [1.807, 2.05) is 11.0 Å². The van der Waals surface area contributed by atoms with Gasteiger partial charge in [0, 0.05) is 19.0 Å². The maximum atomic E-state index is 12.4. The molecule has 1 aromatic rings. The number of carboxylic acids is 1. The zero-order chi connectivity index (χ0) is 16.5. The van der Waals surface area contributed by atoms with Crippen molar-refractivity contribution in [1.82, 2.24) is 4.90 Å². The summed E-state index contributed by atoms with van der Waals surface area (Å²) in [6, 6.07) is 9.01. The molecule has 0 aliphatic carbocycles. The number of carboxylic acid groups (broad SMARTS) is 1. The first-order valence-electron chi connectivity index (χ1n) is 7.79. The molecule has 2 atom stereocenters. The van der Waals surface area contributed by atoms with Crippen LogP contribution in [0.1, 0.15) is 12.0 Å². The van der Waals surface area contributed by atoms with Gasteiger partial charge in [0.15, 0.2) is 9.84 Å². The fraction of sp³-hybridized carbons (Fsp3) is 0.562. The minimum absolute atomic E-state index is 0.0594. The normalized spacial score (nSPS) is 27.4. The molecule has 0 amide bonds. The third-order valence-corrected chi connectivity index (χ3v) is 6.64. The van der Waals surface area contributed by atoms with Gasteiger partial charge in [-0.2, -0.15) is 0 Å². The Morgan fingerprint density at radius 3 is 2.39 bits per heavy atom. The van der Waals surface area contributed by atoms with Crippen molar-refractivity contribution in [3.63, 3.8) is 0 Å². The average Bonchev–Trinajstić information content (AvgIpc) is 2.90. The average molecular weight is 339 g/mol. The van der Waals surface area contributed by atoms with Crippen LogP contribution >= 0.6 is 0 Å². The lowest BCUT2D eigenvalue weighted by atomic mass is 9.75. The summed E-state index contributed by atoms with van der Waals surface area (Å²) in [5.41, 5.74) is -0.661. The summed E-state index contributed by atoms with van der Waals surface area (Å²) in [6.07, 6.45) is 0.376. The van der Waals surface area contributed by atoms with Gasteiger partial charge >= 0.3 is 5.97 Å². The number of nitrogens with zero attached hydrogens (tertiary/aromatic N) is 1. The Kier molecular flexibility index (Phi) is 4.44. The Labute approximate surface area is 136 Å². The molecule has 1 aromatic carbocycles. The largest absolute Gasteiger partial charge is 0.480 e. The number of rotatable bonds is 4. The summed E-state index contributed by atoms with van der Waals surface area (Å²) in [5, 5.41) is 10.2. The summed E-state index contributed by atoms with van der Waals surface area (Å²) in [7, 11) is -3.18. The lowest BCUT2D eigenvalue weighted by Gasteiger charge is -2.46. The highest BCUT2D eigenvalue weighted by molar-refractivity contribution is 7.91. The first kappa shape index (κ1) is 16.4. The highest BCUT2D eigenvalue weighted by Crippen LogP contribution is 2.42. The smallest absolute Gasteiger partial charge is 0.329 e. The van der Waals surface area contributed by atoms with Crippen LogP contribution in [0.25, 0.3) is 0 Å². The Hall–Kier alpha value is -1.44. The topological polar surface area (TPSA) is 83.9 Å². The van der Waals surface area contributed by atoms with Gasteiger partial charge in [0.2, 0.25) is 0 Å². The van der Waals surface area contributed by atoms with Crippen molar-refractivity contribution in [3.8, 4) is 0 Å². The van der Waals surface area contributed by atoms with Crippen LogP contribution in [0.15, 0.2) is 30.3 Å². The van der Waals surface area contributed by atoms with Gasteiger partial charge in [-0.3, -0.25) is 4.90 Å². The van der Waals surface area contributed by atoms with E-state index in [9.17, 15) is 18.3 Å². The predicted molar refractivity (Wildman–Crippen MR) is 84.9 cm³/mol. The van der Waals surface area contributed by atoms with Gasteiger partial charge in [-0.05, 0) is 12.0 Å². The number of ether oxygens (including phenoxy) is 1. The number of aliphatic carboxylic acids is 1. The van der Waals surface area contributed by atoms with E-state index in [0.717, 1.165) is 0 Å². The van der Waals surface area contributed by atoms with Crippen molar-refractivity contribution in [2.24, 2.45) is 5.92 Å². The number of benzene rings is 1. The summed E-state index contributed by atoms with van der Waals surface area (Å²) in [4.78, 5) is 14.3. The fourth-order valence-electron chi connectivity index (χ4n) is 3.84. The van der Waals surface area contributed by atoms with Crippen LogP contribution in [0.5, 0.6) is 0 Å². The van der Waals surface area contributed by atoms with E-state index in [1.54, 1.807) is 24.3 Å². The third kappa shape index (κ3) is 2.88. The number of morpholine rings is 1. The number of sulfone groups is 1. The maximum absolute atomic E-state index is 12.4.